The van der Waals surface area contributed by atoms with E-state index in [-0.39, 0.29) is 26.6 Å². The molecule has 1 aromatic carbocycles. The average molecular weight is 378 g/mol. The fourth-order valence-corrected chi connectivity index (χ4v) is 3.11. The smallest absolute Gasteiger partial charge is 0.313 e. The van der Waals surface area contributed by atoms with Gasteiger partial charge in [0.05, 0.1) is 13.2 Å². The molecule has 0 spiro atoms. The van der Waals surface area contributed by atoms with Gasteiger partial charge in [-0.15, -0.1) is 11.3 Å². The number of carbonyl (C=O) groups excluding carboxylic acids is 2. The number of nitrogens with one attached hydrogen (secondary N) is 2. The molecule has 1 aliphatic heterocycles. The van der Waals surface area contributed by atoms with Crippen LogP contribution in [0, 0.1) is 0 Å². The Labute approximate surface area is 153 Å². The fourth-order valence-electron chi connectivity index (χ4n) is 2.34. The SMILES string of the molecule is O=C(NC[C@H](OCCO)c1cccs1)C(=O)Nc1ccc2c(c1)OCO2. The van der Waals surface area contributed by atoms with E-state index < -0.39 is 17.9 Å². The molecule has 2 amide bonds. The third-order valence-corrected chi connectivity index (χ3v) is 4.52. The molecule has 3 rings (SSSR count). The Balaban J connectivity index is 1.54. The van der Waals surface area contributed by atoms with Crippen LogP contribution in [-0.2, 0) is 14.3 Å². The van der Waals surface area contributed by atoms with Gasteiger partial charge in [0, 0.05) is 23.2 Å². The van der Waals surface area contributed by atoms with Crippen molar-refractivity contribution in [3.63, 3.8) is 0 Å². The van der Waals surface area contributed by atoms with Crippen molar-refractivity contribution in [1.82, 2.24) is 5.32 Å². The molecule has 9 heteroatoms. The third kappa shape index (κ3) is 4.51. The Bertz CT molecular complexity index is 765. The summed E-state index contributed by atoms with van der Waals surface area (Å²) in [4.78, 5) is 25.0. The Morgan fingerprint density at radius 1 is 1.23 bits per heavy atom. The van der Waals surface area contributed by atoms with Crippen molar-refractivity contribution in [1.29, 1.82) is 0 Å². The first-order valence-corrected chi connectivity index (χ1v) is 8.80. The normalized spacial score (nSPS) is 13.3. The summed E-state index contributed by atoms with van der Waals surface area (Å²) < 4.78 is 15.9. The van der Waals surface area contributed by atoms with Gasteiger partial charge in [-0.1, -0.05) is 6.07 Å². The van der Waals surface area contributed by atoms with Crippen LogP contribution in [0.2, 0.25) is 0 Å². The number of benzene rings is 1. The minimum absolute atomic E-state index is 0.119. The zero-order chi connectivity index (χ0) is 18.4. The van der Waals surface area contributed by atoms with Gasteiger partial charge in [-0.2, -0.15) is 0 Å². The van der Waals surface area contributed by atoms with Crippen LogP contribution in [0.1, 0.15) is 11.0 Å². The van der Waals surface area contributed by atoms with Crippen LogP contribution >= 0.6 is 11.3 Å². The molecule has 0 bridgehead atoms. The van der Waals surface area contributed by atoms with E-state index >= 15 is 0 Å². The fraction of sp³-hybridized carbons (Fsp3) is 0.294. The maximum absolute atomic E-state index is 12.1. The van der Waals surface area contributed by atoms with Gasteiger partial charge >= 0.3 is 11.8 Å². The molecule has 3 N–H and O–H groups in total. The lowest BCUT2D eigenvalue weighted by molar-refractivity contribution is -0.136. The van der Waals surface area contributed by atoms with Crippen LogP contribution < -0.4 is 20.1 Å². The maximum Gasteiger partial charge on any atom is 0.313 e. The predicted molar refractivity (Wildman–Crippen MR) is 94.3 cm³/mol. The van der Waals surface area contributed by atoms with Crippen LogP contribution in [0.25, 0.3) is 0 Å². The van der Waals surface area contributed by atoms with E-state index in [0.717, 1.165) is 4.88 Å². The van der Waals surface area contributed by atoms with Crippen LogP contribution in [0.4, 0.5) is 5.69 Å². The number of hydrogen-bond acceptors (Lipinski definition) is 7. The third-order valence-electron chi connectivity index (χ3n) is 3.56. The highest BCUT2D eigenvalue weighted by Crippen LogP contribution is 2.34. The van der Waals surface area contributed by atoms with Gasteiger partial charge in [-0.3, -0.25) is 9.59 Å². The summed E-state index contributed by atoms with van der Waals surface area (Å²) in [6.45, 7) is 0.265. The zero-order valence-electron chi connectivity index (χ0n) is 13.8. The molecule has 2 aromatic rings. The first kappa shape index (κ1) is 18.2. The van der Waals surface area contributed by atoms with Gasteiger partial charge in [0.25, 0.3) is 0 Å². The highest BCUT2D eigenvalue weighted by Gasteiger charge is 2.20. The largest absolute Gasteiger partial charge is 0.454 e. The second-order valence-corrected chi connectivity index (χ2v) is 6.31. The summed E-state index contributed by atoms with van der Waals surface area (Å²) in [5.41, 5.74) is 0.431. The van der Waals surface area contributed by atoms with Crippen LogP contribution in [0.5, 0.6) is 11.5 Å². The number of rotatable bonds is 7. The molecule has 0 unspecified atom stereocenters. The molecule has 1 atom stereocenters. The molecular formula is C17H18N2O6S. The standard InChI is InChI=1S/C17H18N2O6S/c20-5-6-23-14(15-2-1-7-26-15)9-18-16(21)17(22)19-11-3-4-12-13(8-11)25-10-24-12/h1-4,7-8,14,20H,5-6,9-10H2,(H,18,21)(H,19,22)/t14-/m0/s1. The quantitative estimate of drug-likeness (QED) is 0.627. The number of amides is 2. The van der Waals surface area contributed by atoms with Crippen molar-refractivity contribution in [2.45, 2.75) is 6.10 Å². The summed E-state index contributed by atoms with van der Waals surface area (Å²) in [6.07, 6.45) is -0.426. The van der Waals surface area contributed by atoms with Gasteiger partial charge in [-0.05, 0) is 23.6 Å². The molecule has 0 saturated heterocycles. The second-order valence-electron chi connectivity index (χ2n) is 5.33. The summed E-state index contributed by atoms with van der Waals surface area (Å²) in [6, 6.07) is 8.60. The van der Waals surface area contributed by atoms with E-state index in [9.17, 15) is 9.59 Å². The van der Waals surface area contributed by atoms with E-state index in [4.69, 9.17) is 19.3 Å². The van der Waals surface area contributed by atoms with Gasteiger partial charge in [-0.25, -0.2) is 0 Å². The monoisotopic (exact) mass is 378 g/mol. The maximum atomic E-state index is 12.1. The molecule has 0 radical (unpaired) electrons. The number of carbonyl (C=O) groups is 2. The Hall–Kier alpha value is -2.62. The van der Waals surface area contributed by atoms with E-state index in [0.29, 0.717) is 17.2 Å². The van der Waals surface area contributed by atoms with Crippen molar-refractivity contribution in [3.05, 3.63) is 40.6 Å². The number of aliphatic hydroxyl groups is 1. The number of anilines is 1. The molecule has 26 heavy (non-hydrogen) atoms. The number of hydrogen-bond donors (Lipinski definition) is 3. The first-order valence-electron chi connectivity index (χ1n) is 7.92. The molecule has 0 fully saturated rings. The zero-order valence-corrected chi connectivity index (χ0v) is 14.6. The highest BCUT2D eigenvalue weighted by molar-refractivity contribution is 7.10. The summed E-state index contributed by atoms with van der Waals surface area (Å²) >= 11 is 1.47. The minimum Gasteiger partial charge on any atom is -0.454 e. The van der Waals surface area contributed by atoms with Crippen molar-refractivity contribution in [2.24, 2.45) is 0 Å². The lowest BCUT2D eigenvalue weighted by Gasteiger charge is -2.16. The molecule has 8 nitrogen and oxygen atoms in total. The molecular weight excluding hydrogens is 360 g/mol. The number of thiophene rings is 1. The predicted octanol–water partition coefficient (Wildman–Crippen LogP) is 1.28. The van der Waals surface area contributed by atoms with Crippen molar-refractivity contribution in [2.75, 3.05) is 31.9 Å². The Morgan fingerprint density at radius 2 is 2.08 bits per heavy atom. The number of aliphatic hydroxyl groups excluding tert-OH is 1. The van der Waals surface area contributed by atoms with E-state index in [1.54, 1.807) is 18.2 Å². The second kappa shape index (κ2) is 8.65. The molecule has 0 saturated carbocycles. The lowest BCUT2D eigenvalue weighted by atomic mass is 10.2. The Kier molecular flexibility index (Phi) is 6.05. The summed E-state index contributed by atoms with van der Waals surface area (Å²) in [5.74, 6) is -0.474. The number of fused-ring (bicyclic) bond motifs is 1. The van der Waals surface area contributed by atoms with Crippen molar-refractivity contribution < 1.29 is 28.9 Å². The van der Waals surface area contributed by atoms with Crippen LogP contribution in [0.15, 0.2) is 35.7 Å². The van der Waals surface area contributed by atoms with E-state index in [1.807, 2.05) is 17.5 Å². The van der Waals surface area contributed by atoms with E-state index in [2.05, 4.69) is 10.6 Å². The molecule has 138 valence electrons. The van der Waals surface area contributed by atoms with Crippen molar-refractivity contribution in [3.8, 4) is 11.5 Å². The Morgan fingerprint density at radius 3 is 2.85 bits per heavy atom. The first-order chi connectivity index (χ1) is 12.7. The summed E-state index contributed by atoms with van der Waals surface area (Å²) in [5, 5.41) is 15.9. The lowest BCUT2D eigenvalue weighted by Crippen LogP contribution is -2.38. The van der Waals surface area contributed by atoms with Gasteiger partial charge in [0.2, 0.25) is 6.79 Å². The average Bonchev–Trinajstić information content (AvgIpc) is 3.32. The molecule has 1 aromatic heterocycles. The summed E-state index contributed by atoms with van der Waals surface area (Å²) in [7, 11) is 0. The topological polar surface area (TPSA) is 106 Å². The molecule has 2 heterocycles. The van der Waals surface area contributed by atoms with E-state index in [1.165, 1.54) is 11.3 Å². The van der Waals surface area contributed by atoms with Crippen LogP contribution in [0.3, 0.4) is 0 Å². The molecule has 0 aliphatic carbocycles. The van der Waals surface area contributed by atoms with Gasteiger partial charge < -0.3 is 30.0 Å². The van der Waals surface area contributed by atoms with Gasteiger partial charge in [0.15, 0.2) is 11.5 Å². The van der Waals surface area contributed by atoms with Crippen molar-refractivity contribution >= 4 is 28.8 Å². The van der Waals surface area contributed by atoms with Gasteiger partial charge in [0.1, 0.15) is 6.10 Å². The number of ether oxygens (including phenoxy) is 3. The van der Waals surface area contributed by atoms with Crippen LogP contribution in [-0.4, -0.2) is 43.5 Å². The minimum atomic E-state index is -0.795. The highest BCUT2D eigenvalue weighted by atomic mass is 32.1. The molecule has 1 aliphatic rings.